The van der Waals surface area contributed by atoms with Gasteiger partial charge in [0.05, 0.1) is 7.11 Å². The van der Waals surface area contributed by atoms with Gasteiger partial charge < -0.3 is 4.74 Å². The second-order valence-corrected chi connectivity index (χ2v) is 4.18. The molecular weight excluding hydrogens is 228 g/mol. The summed E-state index contributed by atoms with van der Waals surface area (Å²) in [5.41, 5.74) is 1.95. The van der Waals surface area contributed by atoms with Crippen LogP contribution >= 0.6 is 0 Å². The van der Waals surface area contributed by atoms with Crippen LogP contribution in [0.15, 0.2) is 30.6 Å². The summed E-state index contributed by atoms with van der Waals surface area (Å²) in [5.74, 6) is -0.143. The summed E-state index contributed by atoms with van der Waals surface area (Å²) >= 11 is 0. The van der Waals surface area contributed by atoms with Gasteiger partial charge in [0.15, 0.2) is 5.65 Å². The first-order valence-corrected chi connectivity index (χ1v) is 6.06. The van der Waals surface area contributed by atoms with Crippen LogP contribution in [0.5, 0.6) is 0 Å². The lowest BCUT2D eigenvalue weighted by Crippen LogP contribution is -1.99. The quantitative estimate of drug-likeness (QED) is 0.599. The molecule has 0 radical (unpaired) electrons. The Labute approximate surface area is 106 Å². The second-order valence-electron chi connectivity index (χ2n) is 4.18. The summed E-state index contributed by atoms with van der Waals surface area (Å²) in [4.78, 5) is 19.4. The minimum atomic E-state index is -0.143. The molecule has 0 spiro atoms. The van der Waals surface area contributed by atoms with E-state index in [-0.39, 0.29) is 5.97 Å². The third-order valence-electron chi connectivity index (χ3n) is 2.83. The zero-order chi connectivity index (χ0) is 12.8. The first-order chi connectivity index (χ1) is 8.79. The van der Waals surface area contributed by atoms with Crippen LogP contribution in [0, 0.1) is 0 Å². The first-order valence-electron chi connectivity index (χ1n) is 6.06. The number of unbranched alkanes of at least 4 members (excludes halogenated alkanes) is 1. The Morgan fingerprint density at radius 3 is 3.06 bits per heavy atom. The van der Waals surface area contributed by atoms with Crippen molar-refractivity contribution < 1.29 is 9.53 Å². The molecule has 94 valence electrons. The van der Waals surface area contributed by atoms with Crippen molar-refractivity contribution in [1.29, 1.82) is 0 Å². The molecule has 4 nitrogen and oxygen atoms in total. The molecular formula is C14H16N2O2. The number of rotatable bonds is 5. The normalized spacial score (nSPS) is 10.5. The highest BCUT2D eigenvalue weighted by molar-refractivity contribution is 5.74. The lowest BCUT2D eigenvalue weighted by Gasteiger charge is -2.02. The van der Waals surface area contributed by atoms with E-state index in [1.165, 1.54) is 12.7 Å². The first kappa shape index (κ1) is 12.5. The SMILES string of the molecule is COC(=O)CCCCc1cnc2ncccc2c1. The van der Waals surface area contributed by atoms with E-state index >= 15 is 0 Å². The average Bonchev–Trinajstić information content (AvgIpc) is 2.43. The van der Waals surface area contributed by atoms with Crippen molar-refractivity contribution >= 4 is 17.0 Å². The molecule has 0 aliphatic rings. The van der Waals surface area contributed by atoms with E-state index in [1.807, 2.05) is 18.3 Å². The molecule has 0 bridgehead atoms. The van der Waals surface area contributed by atoms with Gasteiger partial charge in [-0.25, -0.2) is 9.97 Å². The van der Waals surface area contributed by atoms with Crippen molar-refractivity contribution in [3.05, 3.63) is 36.2 Å². The molecule has 0 amide bonds. The number of esters is 1. The fourth-order valence-electron chi connectivity index (χ4n) is 1.85. The molecule has 0 saturated heterocycles. The zero-order valence-corrected chi connectivity index (χ0v) is 10.4. The van der Waals surface area contributed by atoms with E-state index in [0.29, 0.717) is 6.42 Å². The Kier molecular flexibility index (Phi) is 4.23. The van der Waals surface area contributed by atoms with Gasteiger partial charge in [-0.2, -0.15) is 0 Å². The van der Waals surface area contributed by atoms with Crippen molar-refractivity contribution in [2.45, 2.75) is 25.7 Å². The van der Waals surface area contributed by atoms with E-state index in [1.54, 1.807) is 6.20 Å². The maximum absolute atomic E-state index is 11.0. The molecule has 0 aromatic carbocycles. The highest BCUT2D eigenvalue weighted by Gasteiger charge is 2.01. The Balaban J connectivity index is 1.90. The predicted octanol–water partition coefficient (Wildman–Crippen LogP) is 2.52. The molecule has 4 heteroatoms. The monoisotopic (exact) mass is 244 g/mol. The van der Waals surface area contributed by atoms with Gasteiger partial charge in [0, 0.05) is 24.2 Å². The number of hydrogen-bond acceptors (Lipinski definition) is 4. The fraction of sp³-hybridized carbons (Fsp3) is 0.357. The van der Waals surface area contributed by atoms with Crippen molar-refractivity contribution in [2.75, 3.05) is 7.11 Å². The minimum Gasteiger partial charge on any atom is -0.469 e. The van der Waals surface area contributed by atoms with Crippen LogP contribution in [0.4, 0.5) is 0 Å². The van der Waals surface area contributed by atoms with Crippen LogP contribution in [0.3, 0.4) is 0 Å². The van der Waals surface area contributed by atoms with Gasteiger partial charge in [0.25, 0.3) is 0 Å². The smallest absolute Gasteiger partial charge is 0.305 e. The van der Waals surface area contributed by atoms with Gasteiger partial charge in [-0.15, -0.1) is 0 Å². The van der Waals surface area contributed by atoms with Crippen molar-refractivity contribution in [3.8, 4) is 0 Å². The molecule has 0 aliphatic heterocycles. The van der Waals surface area contributed by atoms with Crippen LogP contribution in [-0.2, 0) is 16.0 Å². The number of hydrogen-bond donors (Lipinski definition) is 0. The van der Waals surface area contributed by atoms with Crippen molar-refractivity contribution in [3.63, 3.8) is 0 Å². The Morgan fingerprint density at radius 2 is 2.22 bits per heavy atom. The van der Waals surface area contributed by atoms with E-state index in [9.17, 15) is 4.79 Å². The standard InChI is InChI=1S/C14H16N2O2/c1-18-13(17)7-3-2-5-11-9-12-6-4-8-15-14(12)16-10-11/h4,6,8-10H,2-3,5,7H2,1H3. The third kappa shape index (κ3) is 3.26. The van der Waals surface area contributed by atoms with Gasteiger partial charge in [-0.05, 0) is 43.0 Å². The van der Waals surface area contributed by atoms with Crippen LogP contribution in [-0.4, -0.2) is 23.0 Å². The van der Waals surface area contributed by atoms with Crippen LogP contribution in [0.2, 0.25) is 0 Å². The highest BCUT2D eigenvalue weighted by atomic mass is 16.5. The molecule has 2 aromatic rings. The molecule has 0 unspecified atom stereocenters. The molecule has 0 aliphatic carbocycles. The summed E-state index contributed by atoms with van der Waals surface area (Å²) in [6, 6.07) is 6.02. The van der Waals surface area contributed by atoms with E-state index < -0.39 is 0 Å². The number of ether oxygens (including phenoxy) is 1. The largest absolute Gasteiger partial charge is 0.469 e. The number of fused-ring (bicyclic) bond motifs is 1. The third-order valence-corrected chi connectivity index (χ3v) is 2.83. The maximum Gasteiger partial charge on any atom is 0.305 e. The van der Waals surface area contributed by atoms with Gasteiger partial charge in [-0.1, -0.05) is 0 Å². The zero-order valence-electron chi connectivity index (χ0n) is 10.4. The molecule has 0 N–H and O–H groups in total. The van der Waals surface area contributed by atoms with Gasteiger partial charge in [-0.3, -0.25) is 4.79 Å². The topological polar surface area (TPSA) is 52.1 Å². The summed E-state index contributed by atoms with van der Waals surface area (Å²) in [5, 5.41) is 1.06. The number of nitrogens with zero attached hydrogens (tertiary/aromatic N) is 2. The van der Waals surface area contributed by atoms with E-state index in [4.69, 9.17) is 0 Å². The number of carbonyl (C=O) groups excluding carboxylic acids is 1. The number of carbonyl (C=O) groups is 1. The fourth-order valence-corrected chi connectivity index (χ4v) is 1.85. The lowest BCUT2D eigenvalue weighted by molar-refractivity contribution is -0.140. The van der Waals surface area contributed by atoms with Crippen LogP contribution in [0.1, 0.15) is 24.8 Å². The molecule has 2 aromatic heterocycles. The van der Waals surface area contributed by atoms with Crippen LogP contribution < -0.4 is 0 Å². The van der Waals surface area contributed by atoms with Gasteiger partial charge >= 0.3 is 5.97 Å². The Bertz CT molecular complexity index is 540. The van der Waals surface area contributed by atoms with Gasteiger partial charge in [0.1, 0.15) is 0 Å². The Morgan fingerprint density at radius 1 is 1.33 bits per heavy atom. The van der Waals surface area contributed by atoms with Crippen LogP contribution in [0.25, 0.3) is 11.0 Å². The number of methoxy groups -OCH3 is 1. The number of aromatic nitrogens is 2. The molecule has 2 rings (SSSR count). The van der Waals surface area contributed by atoms with Crippen molar-refractivity contribution in [1.82, 2.24) is 9.97 Å². The summed E-state index contributed by atoms with van der Waals surface area (Å²) in [7, 11) is 1.42. The minimum absolute atomic E-state index is 0.143. The number of aryl methyl sites for hydroxylation is 1. The molecule has 2 heterocycles. The highest BCUT2D eigenvalue weighted by Crippen LogP contribution is 2.13. The molecule has 0 atom stereocenters. The molecule has 0 fully saturated rings. The summed E-state index contributed by atoms with van der Waals surface area (Å²) < 4.78 is 4.60. The number of pyridine rings is 2. The predicted molar refractivity (Wildman–Crippen MR) is 69.1 cm³/mol. The van der Waals surface area contributed by atoms with Gasteiger partial charge in [0.2, 0.25) is 0 Å². The second kappa shape index (κ2) is 6.10. The summed E-state index contributed by atoms with van der Waals surface area (Å²) in [6.45, 7) is 0. The summed E-state index contributed by atoms with van der Waals surface area (Å²) in [6.07, 6.45) is 6.81. The van der Waals surface area contributed by atoms with E-state index in [2.05, 4.69) is 20.8 Å². The molecule has 0 saturated carbocycles. The molecule has 18 heavy (non-hydrogen) atoms. The van der Waals surface area contributed by atoms with Crippen molar-refractivity contribution in [2.24, 2.45) is 0 Å². The Hall–Kier alpha value is -1.97. The van der Waals surface area contributed by atoms with E-state index in [0.717, 1.165) is 30.3 Å². The maximum atomic E-state index is 11.0. The lowest BCUT2D eigenvalue weighted by atomic mass is 10.1. The average molecular weight is 244 g/mol.